The Hall–Kier alpha value is -1.55. The van der Waals surface area contributed by atoms with E-state index in [1.807, 2.05) is 0 Å². The van der Waals surface area contributed by atoms with Crippen LogP contribution in [0.15, 0.2) is 18.2 Å². The zero-order valence-corrected chi connectivity index (χ0v) is 15.3. The lowest BCUT2D eigenvalue weighted by atomic mass is 10.1. The van der Waals surface area contributed by atoms with E-state index in [9.17, 15) is 4.79 Å². The molecule has 1 aliphatic heterocycles. The van der Waals surface area contributed by atoms with Gasteiger partial charge in [0, 0.05) is 37.9 Å². The average Bonchev–Trinajstić information content (AvgIpc) is 3.10. The predicted molar refractivity (Wildman–Crippen MR) is 99.6 cm³/mol. The van der Waals surface area contributed by atoms with Gasteiger partial charge < -0.3 is 10.2 Å². The summed E-state index contributed by atoms with van der Waals surface area (Å²) in [5.41, 5.74) is 4.06. The van der Waals surface area contributed by atoms with Crippen LogP contribution < -0.4 is 10.2 Å². The molecule has 3 rings (SSSR count). The maximum atomic E-state index is 12.5. The van der Waals surface area contributed by atoms with Crippen LogP contribution in [0.5, 0.6) is 0 Å². The first-order chi connectivity index (χ1) is 11.6. The van der Waals surface area contributed by atoms with Gasteiger partial charge in [0.05, 0.1) is 6.04 Å². The predicted octanol–water partition coefficient (Wildman–Crippen LogP) is 2.87. The fourth-order valence-corrected chi connectivity index (χ4v) is 3.99. The van der Waals surface area contributed by atoms with Crippen LogP contribution in [0.3, 0.4) is 0 Å². The van der Waals surface area contributed by atoms with Crippen LogP contribution in [0.25, 0.3) is 0 Å². The van der Waals surface area contributed by atoms with Crippen molar-refractivity contribution < 1.29 is 4.79 Å². The number of nitrogens with one attached hydrogen (secondary N) is 1. The van der Waals surface area contributed by atoms with E-state index in [1.165, 1.54) is 29.7 Å². The molecule has 4 nitrogen and oxygen atoms in total. The summed E-state index contributed by atoms with van der Waals surface area (Å²) < 4.78 is 0. The van der Waals surface area contributed by atoms with E-state index >= 15 is 0 Å². The zero-order valence-electron chi connectivity index (χ0n) is 15.3. The lowest BCUT2D eigenvalue weighted by Crippen LogP contribution is -2.55. The van der Waals surface area contributed by atoms with Crippen molar-refractivity contribution in [2.24, 2.45) is 0 Å². The zero-order chi connectivity index (χ0) is 17.1. The van der Waals surface area contributed by atoms with Gasteiger partial charge in [0.25, 0.3) is 0 Å². The van der Waals surface area contributed by atoms with Gasteiger partial charge in [-0.3, -0.25) is 9.69 Å². The van der Waals surface area contributed by atoms with Crippen LogP contribution in [0.4, 0.5) is 5.69 Å². The van der Waals surface area contributed by atoms with E-state index in [2.05, 4.69) is 54.1 Å². The summed E-state index contributed by atoms with van der Waals surface area (Å²) in [7, 11) is 0. The molecule has 1 atom stereocenters. The Bertz CT molecular complexity index is 572. The molecule has 0 radical (unpaired) electrons. The second kappa shape index (κ2) is 7.56. The first-order valence-corrected chi connectivity index (χ1v) is 9.42. The molecule has 0 spiro atoms. The summed E-state index contributed by atoms with van der Waals surface area (Å²) in [5.74, 6) is 0.210. The van der Waals surface area contributed by atoms with Gasteiger partial charge in [-0.2, -0.15) is 0 Å². The number of nitrogens with zero attached hydrogens (tertiary/aromatic N) is 2. The number of anilines is 1. The van der Waals surface area contributed by atoms with Crippen LogP contribution in [0.2, 0.25) is 0 Å². The number of amides is 1. The Morgan fingerprint density at radius 1 is 1.12 bits per heavy atom. The summed E-state index contributed by atoms with van der Waals surface area (Å²) in [5, 5.41) is 3.24. The van der Waals surface area contributed by atoms with Gasteiger partial charge >= 0.3 is 0 Å². The smallest absolute Gasteiger partial charge is 0.237 e. The third kappa shape index (κ3) is 3.75. The number of carbonyl (C=O) groups excluding carboxylic acids is 1. The van der Waals surface area contributed by atoms with Crippen molar-refractivity contribution in [3.63, 3.8) is 0 Å². The minimum absolute atomic E-state index is 0.0219. The van der Waals surface area contributed by atoms with Gasteiger partial charge in [-0.1, -0.05) is 25.0 Å². The van der Waals surface area contributed by atoms with Crippen molar-refractivity contribution in [1.29, 1.82) is 0 Å². The van der Waals surface area contributed by atoms with E-state index < -0.39 is 0 Å². The van der Waals surface area contributed by atoms with Crippen molar-refractivity contribution in [3.05, 3.63) is 29.3 Å². The molecule has 2 aliphatic rings. The summed E-state index contributed by atoms with van der Waals surface area (Å²) in [4.78, 5) is 17.3. The van der Waals surface area contributed by atoms with Crippen LogP contribution in [0.1, 0.15) is 43.7 Å². The highest BCUT2D eigenvalue weighted by molar-refractivity contribution is 5.81. The molecule has 24 heavy (non-hydrogen) atoms. The summed E-state index contributed by atoms with van der Waals surface area (Å²) in [6.07, 6.45) is 4.82. The van der Waals surface area contributed by atoms with Crippen LogP contribution in [-0.4, -0.2) is 49.1 Å². The lowest BCUT2D eigenvalue weighted by Gasteiger charge is -2.39. The molecule has 0 bridgehead atoms. The largest absolute Gasteiger partial charge is 0.369 e. The average molecular weight is 329 g/mol. The Labute approximate surface area is 146 Å². The molecule has 1 heterocycles. The van der Waals surface area contributed by atoms with Gasteiger partial charge in [0.2, 0.25) is 5.91 Å². The van der Waals surface area contributed by atoms with Crippen molar-refractivity contribution >= 4 is 11.6 Å². The highest BCUT2D eigenvalue weighted by atomic mass is 16.2. The molecule has 0 unspecified atom stereocenters. The molecule has 1 aliphatic carbocycles. The molecule has 1 amide bonds. The Morgan fingerprint density at radius 2 is 1.79 bits per heavy atom. The fraction of sp³-hybridized carbons (Fsp3) is 0.650. The van der Waals surface area contributed by atoms with E-state index in [1.54, 1.807) is 0 Å². The molecule has 132 valence electrons. The van der Waals surface area contributed by atoms with Crippen molar-refractivity contribution in [1.82, 2.24) is 10.2 Å². The second-order valence-corrected chi connectivity index (χ2v) is 7.41. The number of aryl methyl sites for hydroxylation is 1. The molecule has 1 aromatic rings. The third-order valence-corrected chi connectivity index (χ3v) is 5.86. The van der Waals surface area contributed by atoms with E-state index in [0.29, 0.717) is 6.04 Å². The van der Waals surface area contributed by atoms with Crippen LogP contribution in [0, 0.1) is 13.8 Å². The lowest BCUT2D eigenvalue weighted by molar-refractivity contribution is -0.126. The first kappa shape index (κ1) is 17.3. The number of carbonyl (C=O) groups is 1. The van der Waals surface area contributed by atoms with Gasteiger partial charge in [-0.25, -0.2) is 0 Å². The van der Waals surface area contributed by atoms with Gasteiger partial charge in [0.1, 0.15) is 0 Å². The Morgan fingerprint density at radius 3 is 2.46 bits per heavy atom. The minimum atomic E-state index is -0.0219. The third-order valence-electron chi connectivity index (χ3n) is 5.86. The van der Waals surface area contributed by atoms with E-state index in [4.69, 9.17) is 0 Å². The summed E-state index contributed by atoms with van der Waals surface area (Å²) >= 11 is 0. The number of rotatable bonds is 4. The number of hydrogen-bond donors (Lipinski definition) is 1. The van der Waals surface area contributed by atoms with E-state index in [-0.39, 0.29) is 11.9 Å². The molecule has 1 N–H and O–H groups in total. The quantitative estimate of drug-likeness (QED) is 0.922. The van der Waals surface area contributed by atoms with Crippen molar-refractivity contribution in [2.45, 2.75) is 58.5 Å². The SMILES string of the molecule is Cc1cccc(N2CCN([C@@H](C)C(=O)NC3CCCC3)CC2)c1C. The molecule has 1 saturated carbocycles. The highest BCUT2D eigenvalue weighted by Crippen LogP contribution is 2.24. The van der Waals surface area contributed by atoms with Gasteiger partial charge in [0.15, 0.2) is 0 Å². The standard InChI is InChI=1S/C20H31N3O/c1-15-7-6-10-19(16(15)2)23-13-11-22(12-14-23)17(3)20(24)21-18-8-4-5-9-18/h6-7,10,17-18H,4-5,8-9,11-14H2,1-3H3,(H,21,24)/t17-/m0/s1. The topological polar surface area (TPSA) is 35.6 Å². The second-order valence-electron chi connectivity index (χ2n) is 7.41. The summed E-state index contributed by atoms with van der Waals surface area (Å²) in [6.45, 7) is 10.3. The molecular formula is C20H31N3O. The molecule has 1 saturated heterocycles. The molecule has 0 aromatic heterocycles. The van der Waals surface area contributed by atoms with Crippen LogP contribution >= 0.6 is 0 Å². The van der Waals surface area contributed by atoms with E-state index in [0.717, 1.165) is 39.0 Å². The normalized spacial score (nSPS) is 21.0. The number of piperazine rings is 1. The molecule has 1 aromatic carbocycles. The maximum absolute atomic E-state index is 12.5. The van der Waals surface area contributed by atoms with Gasteiger partial charge in [-0.05, 0) is 50.8 Å². The molecule has 4 heteroatoms. The number of benzene rings is 1. The van der Waals surface area contributed by atoms with Crippen molar-refractivity contribution in [2.75, 3.05) is 31.1 Å². The molecular weight excluding hydrogens is 298 g/mol. The fourth-order valence-electron chi connectivity index (χ4n) is 3.99. The Kier molecular flexibility index (Phi) is 5.44. The highest BCUT2D eigenvalue weighted by Gasteiger charge is 2.28. The summed E-state index contributed by atoms with van der Waals surface area (Å²) in [6, 6.07) is 6.92. The van der Waals surface area contributed by atoms with Crippen molar-refractivity contribution in [3.8, 4) is 0 Å². The monoisotopic (exact) mass is 329 g/mol. The first-order valence-electron chi connectivity index (χ1n) is 9.42. The maximum Gasteiger partial charge on any atom is 0.237 e. The van der Waals surface area contributed by atoms with Crippen LogP contribution in [-0.2, 0) is 4.79 Å². The number of hydrogen-bond acceptors (Lipinski definition) is 3. The molecule has 2 fully saturated rings. The minimum Gasteiger partial charge on any atom is -0.369 e. The Balaban J connectivity index is 1.54. The van der Waals surface area contributed by atoms with Gasteiger partial charge in [-0.15, -0.1) is 0 Å².